The zero-order valence-corrected chi connectivity index (χ0v) is 13.3. The maximum absolute atomic E-state index is 4.75. The molecule has 1 fully saturated rings. The summed E-state index contributed by atoms with van der Waals surface area (Å²) < 4.78 is 0. The number of hydrogen-bond acceptors (Lipinski definition) is 3. The van der Waals surface area contributed by atoms with E-state index in [4.69, 9.17) is 4.98 Å². The molecule has 1 aromatic heterocycles. The first-order valence-electron chi connectivity index (χ1n) is 8.10. The topological polar surface area (TPSA) is 28.2 Å². The highest BCUT2D eigenvalue weighted by Gasteiger charge is 2.17. The molecule has 112 valence electrons. The second kappa shape index (κ2) is 7.63. The first-order valence-corrected chi connectivity index (χ1v) is 8.10. The molecule has 0 aromatic carbocycles. The van der Waals surface area contributed by atoms with E-state index in [-0.39, 0.29) is 0 Å². The van der Waals surface area contributed by atoms with Gasteiger partial charge in [0.25, 0.3) is 0 Å². The van der Waals surface area contributed by atoms with Gasteiger partial charge in [-0.1, -0.05) is 19.8 Å². The monoisotopic (exact) mass is 275 g/mol. The Hall–Kier alpha value is -1.09. The maximum Gasteiger partial charge on any atom is 0.129 e. The zero-order chi connectivity index (χ0) is 14.4. The molecule has 0 amide bonds. The summed E-state index contributed by atoms with van der Waals surface area (Å²) in [5.74, 6) is 2.10. The summed E-state index contributed by atoms with van der Waals surface area (Å²) in [7, 11) is 2.00. The Bertz CT molecular complexity index is 417. The van der Waals surface area contributed by atoms with E-state index in [9.17, 15) is 0 Å². The number of rotatable bonds is 5. The van der Waals surface area contributed by atoms with Gasteiger partial charge in [-0.25, -0.2) is 4.98 Å². The minimum atomic E-state index is 0.919. The summed E-state index contributed by atoms with van der Waals surface area (Å²) in [6.07, 6.45) is 6.73. The minimum Gasteiger partial charge on any atom is -0.357 e. The molecule has 2 heterocycles. The third kappa shape index (κ3) is 4.20. The molecule has 1 unspecified atom stereocenters. The third-order valence-electron chi connectivity index (χ3n) is 4.25. The SMILES string of the molecule is CCCC1CCCN(c2cc(CNC)cc(C)n2)CC1. The average molecular weight is 275 g/mol. The van der Waals surface area contributed by atoms with E-state index in [1.807, 2.05) is 7.05 Å². The van der Waals surface area contributed by atoms with Gasteiger partial charge in [0.05, 0.1) is 0 Å². The fourth-order valence-corrected chi connectivity index (χ4v) is 3.28. The van der Waals surface area contributed by atoms with Crippen molar-refractivity contribution in [3.05, 3.63) is 23.4 Å². The van der Waals surface area contributed by atoms with Gasteiger partial charge in [-0.2, -0.15) is 0 Å². The Morgan fingerprint density at radius 3 is 2.90 bits per heavy atom. The van der Waals surface area contributed by atoms with Crippen molar-refractivity contribution in [1.82, 2.24) is 10.3 Å². The minimum absolute atomic E-state index is 0.919. The lowest BCUT2D eigenvalue weighted by Gasteiger charge is -2.23. The molecule has 0 bridgehead atoms. The molecule has 1 aliphatic rings. The van der Waals surface area contributed by atoms with Crippen LogP contribution < -0.4 is 10.2 Å². The van der Waals surface area contributed by atoms with Gasteiger partial charge in [0.15, 0.2) is 0 Å². The Morgan fingerprint density at radius 2 is 2.15 bits per heavy atom. The largest absolute Gasteiger partial charge is 0.357 e. The van der Waals surface area contributed by atoms with Crippen molar-refractivity contribution in [2.24, 2.45) is 5.92 Å². The van der Waals surface area contributed by atoms with E-state index in [2.05, 4.69) is 36.2 Å². The standard InChI is InChI=1S/C17H29N3/c1-4-6-15-7-5-9-20(10-8-15)17-12-16(13-18-3)11-14(2)19-17/h11-12,15,18H,4-10,13H2,1-3H3. The lowest BCUT2D eigenvalue weighted by atomic mass is 9.96. The van der Waals surface area contributed by atoms with E-state index in [0.29, 0.717) is 0 Å². The lowest BCUT2D eigenvalue weighted by Crippen LogP contribution is -2.25. The summed E-state index contributed by atoms with van der Waals surface area (Å²) in [6, 6.07) is 4.43. The van der Waals surface area contributed by atoms with E-state index in [0.717, 1.165) is 24.7 Å². The number of aromatic nitrogens is 1. The normalized spacial score (nSPS) is 19.9. The molecule has 0 radical (unpaired) electrons. The fourth-order valence-electron chi connectivity index (χ4n) is 3.28. The molecule has 1 saturated heterocycles. The van der Waals surface area contributed by atoms with Crippen LogP contribution in [0.3, 0.4) is 0 Å². The van der Waals surface area contributed by atoms with Crippen molar-refractivity contribution in [1.29, 1.82) is 0 Å². The van der Waals surface area contributed by atoms with E-state index in [1.165, 1.54) is 50.0 Å². The lowest BCUT2D eigenvalue weighted by molar-refractivity contribution is 0.435. The summed E-state index contributed by atoms with van der Waals surface area (Å²) in [4.78, 5) is 7.24. The van der Waals surface area contributed by atoms with Crippen LogP contribution in [0.15, 0.2) is 12.1 Å². The number of aryl methyl sites for hydroxylation is 1. The number of nitrogens with one attached hydrogen (secondary N) is 1. The highest BCUT2D eigenvalue weighted by atomic mass is 15.2. The van der Waals surface area contributed by atoms with Gasteiger partial charge in [0.1, 0.15) is 5.82 Å². The molecule has 2 rings (SSSR count). The predicted molar refractivity (Wildman–Crippen MR) is 86.2 cm³/mol. The Morgan fingerprint density at radius 1 is 1.30 bits per heavy atom. The van der Waals surface area contributed by atoms with Crippen LogP contribution in [0.4, 0.5) is 5.82 Å². The number of nitrogens with zero attached hydrogens (tertiary/aromatic N) is 2. The van der Waals surface area contributed by atoms with Gasteiger partial charge in [0, 0.05) is 25.3 Å². The van der Waals surface area contributed by atoms with Gasteiger partial charge in [-0.15, -0.1) is 0 Å². The predicted octanol–water partition coefficient (Wildman–Crippen LogP) is 3.52. The van der Waals surface area contributed by atoms with Crippen LogP contribution in [0, 0.1) is 12.8 Å². The van der Waals surface area contributed by atoms with Gasteiger partial charge >= 0.3 is 0 Å². The van der Waals surface area contributed by atoms with Crippen LogP contribution in [0.2, 0.25) is 0 Å². The van der Waals surface area contributed by atoms with E-state index >= 15 is 0 Å². The van der Waals surface area contributed by atoms with Crippen LogP contribution in [0.1, 0.15) is 50.3 Å². The van der Waals surface area contributed by atoms with Crippen molar-refractivity contribution in [2.45, 2.75) is 52.5 Å². The van der Waals surface area contributed by atoms with E-state index < -0.39 is 0 Å². The molecule has 3 heteroatoms. The first-order chi connectivity index (χ1) is 9.72. The quantitative estimate of drug-likeness (QED) is 0.891. The molecule has 1 N–H and O–H groups in total. The van der Waals surface area contributed by atoms with Crippen molar-refractivity contribution in [3.8, 4) is 0 Å². The zero-order valence-electron chi connectivity index (χ0n) is 13.3. The highest BCUT2D eigenvalue weighted by Crippen LogP contribution is 2.25. The van der Waals surface area contributed by atoms with Crippen LogP contribution in [0.25, 0.3) is 0 Å². The summed E-state index contributed by atoms with van der Waals surface area (Å²) in [6.45, 7) is 7.65. The maximum atomic E-state index is 4.75. The van der Waals surface area contributed by atoms with Crippen molar-refractivity contribution < 1.29 is 0 Å². The van der Waals surface area contributed by atoms with Crippen molar-refractivity contribution in [2.75, 3.05) is 25.0 Å². The molecule has 0 saturated carbocycles. The second-order valence-corrected chi connectivity index (χ2v) is 6.08. The van der Waals surface area contributed by atoms with Crippen LogP contribution in [-0.2, 0) is 6.54 Å². The molecule has 1 atom stereocenters. The molecule has 1 aromatic rings. The van der Waals surface area contributed by atoms with Gasteiger partial charge in [-0.3, -0.25) is 0 Å². The van der Waals surface area contributed by atoms with Gasteiger partial charge in [-0.05, 0) is 56.8 Å². The van der Waals surface area contributed by atoms with Crippen molar-refractivity contribution >= 4 is 5.82 Å². The first kappa shape index (κ1) is 15.3. The molecule has 1 aliphatic heterocycles. The van der Waals surface area contributed by atoms with Gasteiger partial charge in [0.2, 0.25) is 0 Å². The molecule has 20 heavy (non-hydrogen) atoms. The number of pyridine rings is 1. The number of anilines is 1. The second-order valence-electron chi connectivity index (χ2n) is 6.08. The average Bonchev–Trinajstić information content (AvgIpc) is 2.65. The van der Waals surface area contributed by atoms with Crippen LogP contribution in [-0.4, -0.2) is 25.1 Å². The Kier molecular flexibility index (Phi) is 5.84. The third-order valence-corrected chi connectivity index (χ3v) is 4.25. The fraction of sp³-hybridized carbons (Fsp3) is 0.706. The summed E-state index contributed by atoms with van der Waals surface area (Å²) >= 11 is 0. The molecule has 0 aliphatic carbocycles. The molecular formula is C17H29N3. The summed E-state index contributed by atoms with van der Waals surface area (Å²) in [5, 5.41) is 3.23. The van der Waals surface area contributed by atoms with Crippen LogP contribution >= 0.6 is 0 Å². The Balaban J connectivity index is 2.07. The highest BCUT2D eigenvalue weighted by molar-refractivity contribution is 5.42. The van der Waals surface area contributed by atoms with Gasteiger partial charge < -0.3 is 10.2 Å². The molecule has 0 spiro atoms. The molecular weight excluding hydrogens is 246 g/mol. The van der Waals surface area contributed by atoms with Crippen molar-refractivity contribution in [3.63, 3.8) is 0 Å². The summed E-state index contributed by atoms with van der Waals surface area (Å²) in [5.41, 5.74) is 2.46. The molecule has 3 nitrogen and oxygen atoms in total. The Labute approximate surface area is 123 Å². The smallest absolute Gasteiger partial charge is 0.129 e. The number of hydrogen-bond donors (Lipinski definition) is 1. The van der Waals surface area contributed by atoms with E-state index in [1.54, 1.807) is 0 Å². The van der Waals surface area contributed by atoms with Crippen LogP contribution in [0.5, 0.6) is 0 Å².